The summed E-state index contributed by atoms with van der Waals surface area (Å²) in [6.07, 6.45) is 9.96. The van der Waals surface area contributed by atoms with Gasteiger partial charge in [0.1, 0.15) is 5.82 Å². The van der Waals surface area contributed by atoms with E-state index < -0.39 is 0 Å². The number of aryl methyl sites for hydroxylation is 1. The monoisotopic (exact) mass is 262 g/mol. The number of hydrogen-bond donors (Lipinski definition) is 1. The normalized spacial score (nSPS) is 17.0. The predicted octanol–water partition coefficient (Wildman–Crippen LogP) is 3.38. The number of anilines is 2. The van der Waals surface area contributed by atoms with Gasteiger partial charge in [0.2, 0.25) is 5.95 Å². The van der Waals surface area contributed by atoms with Crippen molar-refractivity contribution in [3.63, 3.8) is 0 Å². The molecule has 1 fully saturated rings. The highest BCUT2D eigenvalue weighted by Gasteiger charge is 2.20. The minimum absolute atomic E-state index is 0.630. The molecule has 0 atom stereocenters. The zero-order valence-electron chi connectivity index (χ0n) is 12.4. The first kappa shape index (κ1) is 14.1. The Balaban J connectivity index is 2.16. The molecule has 1 aromatic heterocycles. The van der Waals surface area contributed by atoms with E-state index in [4.69, 9.17) is 0 Å². The lowest BCUT2D eigenvalue weighted by atomic mass is 10.1. The van der Waals surface area contributed by atoms with Crippen molar-refractivity contribution in [2.45, 2.75) is 58.4 Å². The van der Waals surface area contributed by atoms with E-state index in [0.717, 1.165) is 23.9 Å². The van der Waals surface area contributed by atoms with Crippen molar-refractivity contribution in [3.05, 3.63) is 11.8 Å². The zero-order chi connectivity index (χ0) is 13.7. The summed E-state index contributed by atoms with van der Waals surface area (Å²) in [5, 5.41) is 3.20. The van der Waals surface area contributed by atoms with Crippen molar-refractivity contribution in [1.82, 2.24) is 9.97 Å². The van der Waals surface area contributed by atoms with Crippen LogP contribution in [0.2, 0.25) is 0 Å². The highest BCUT2D eigenvalue weighted by molar-refractivity contribution is 5.49. The van der Waals surface area contributed by atoms with Gasteiger partial charge in [0.25, 0.3) is 0 Å². The second kappa shape index (κ2) is 6.73. The fraction of sp³-hybridized carbons (Fsp3) is 0.733. The van der Waals surface area contributed by atoms with Crippen LogP contribution in [0.25, 0.3) is 0 Å². The standard InChI is InChI=1S/C15H26N4/c1-4-16-15-17-11-12(2)14(18-15)19(3)13-9-7-5-6-8-10-13/h11,13H,4-10H2,1-3H3,(H,16,17,18). The number of aromatic nitrogens is 2. The van der Waals surface area contributed by atoms with Gasteiger partial charge in [0, 0.05) is 31.4 Å². The molecule has 1 aliphatic carbocycles. The van der Waals surface area contributed by atoms with E-state index >= 15 is 0 Å². The average molecular weight is 262 g/mol. The van der Waals surface area contributed by atoms with E-state index in [1.54, 1.807) is 0 Å². The molecule has 0 saturated heterocycles. The van der Waals surface area contributed by atoms with E-state index in [9.17, 15) is 0 Å². The van der Waals surface area contributed by atoms with Gasteiger partial charge < -0.3 is 10.2 Å². The summed E-state index contributed by atoms with van der Waals surface area (Å²) in [6.45, 7) is 5.02. The molecule has 19 heavy (non-hydrogen) atoms. The molecule has 2 rings (SSSR count). The number of rotatable bonds is 4. The van der Waals surface area contributed by atoms with Crippen LogP contribution in [0.5, 0.6) is 0 Å². The maximum absolute atomic E-state index is 4.67. The third kappa shape index (κ3) is 3.58. The third-order valence-corrected chi connectivity index (χ3v) is 3.99. The van der Waals surface area contributed by atoms with Crippen LogP contribution in [0.4, 0.5) is 11.8 Å². The van der Waals surface area contributed by atoms with Crippen molar-refractivity contribution < 1.29 is 0 Å². The molecule has 1 heterocycles. The average Bonchev–Trinajstić information content (AvgIpc) is 2.69. The van der Waals surface area contributed by atoms with Crippen molar-refractivity contribution >= 4 is 11.8 Å². The van der Waals surface area contributed by atoms with E-state index in [-0.39, 0.29) is 0 Å². The van der Waals surface area contributed by atoms with Crippen molar-refractivity contribution in [2.75, 3.05) is 23.8 Å². The number of nitrogens with one attached hydrogen (secondary N) is 1. The largest absolute Gasteiger partial charge is 0.356 e. The van der Waals surface area contributed by atoms with E-state index in [1.807, 2.05) is 6.20 Å². The molecule has 1 aliphatic rings. The maximum atomic E-state index is 4.67. The zero-order valence-corrected chi connectivity index (χ0v) is 12.4. The van der Waals surface area contributed by atoms with Gasteiger partial charge in [-0.3, -0.25) is 0 Å². The molecule has 0 aromatic carbocycles. The predicted molar refractivity (Wildman–Crippen MR) is 80.8 cm³/mol. The van der Waals surface area contributed by atoms with E-state index in [2.05, 4.69) is 41.1 Å². The molecule has 1 saturated carbocycles. The van der Waals surface area contributed by atoms with Gasteiger partial charge in [-0.25, -0.2) is 4.98 Å². The summed E-state index contributed by atoms with van der Waals surface area (Å²) in [6, 6.07) is 0.630. The Morgan fingerprint density at radius 2 is 1.95 bits per heavy atom. The second-order valence-electron chi connectivity index (χ2n) is 5.49. The number of nitrogens with zero attached hydrogens (tertiary/aromatic N) is 3. The lowest BCUT2D eigenvalue weighted by molar-refractivity contribution is 0.548. The van der Waals surface area contributed by atoms with Gasteiger partial charge in [0.15, 0.2) is 0 Å². The Bertz CT molecular complexity index is 397. The molecule has 0 radical (unpaired) electrons. The molecule has 0 aliphatic heterocycles. The summed E-state index contributed by atoms with van der Waals surface area (Å²) >= 11 is 0. The molecule has 1 N–H and O–H groups in total. The van der Waals surface area contributed by atoms with Crippen molar-refractivity contribution in [1.29, 1.82) is 0 Å². The summed E-state index contributed by atoms with van der Waals surface area (Å²) < 4.78 is 0. The first-order valence-electron chi connectivity index (χ1n) is 7.52. The van der Waals surface area contributed by atoms with Crippen molar-refractivity contribution in [3.8, 4) is 0 Å². The van der Waals surface area contributed by atoms with Gasteiger partial charge in [-0.2, -0.15) is 4.98 Å². The quantitative estimate of drug-likeness (QED) is 0.845. The van der Waals surface area contributed by atoms with Crippen LogP contribution < -0.4 is 10.2 Å². The number of hydrogen-bond acceptors (Lipinski definition) is 4. The molecule has 106 valence electrons. The minimum Gasteiger partial charge on any atom is -0.356 e. The molecule has 0 bridgehead atoms. The molecule has 0 unspecified atom stereocenters. The fourth-order valence-electron chi connectivity index (χ4n) is 2.85. The summed E-state index contributed by atoms with van der Waals surface area (Å²) in [4.78, 5) is 11.4. The molecule has 0 spiro atoms. The van der Waals surface area contributed by atoms with Gasteiger partial charge in [-0.05, 0) is 26.7 Å². The summed E-state index contributed by atoms with van der Waals surface area (Å²) in [7, 11) is 2.18. The Morgan fingerprint density at radius 3 is 2.58 bits per heavy atom. The van der Waals surface area contributed by atoms with Crippen LogP contribution in [0.1, 0.15) is 51.0 Å². The molecular weight excluding hydrogens is 236 g/mol. The Morgan fingerprint density at radius 1 is 1.26 bits per heavy atom. The fourth-order valence-corrected chi connectivity index (χ4v) is 2.85. The lowest BCUT2D eigenvalue weighted by Crippen LogP contribution is -2.32. The van der Waals surface area contributed by atoms with Crippen LogP contribution >= 0.6 is 0 Å². The molecule has 0 amide bonds. The van der Waals surface area contributed by atoms with Crippen LogP contribution in [0.3, 0.4) is 0 Å². The molecule has 4 heteroatoms. The highest BCUT2D eigenvalue weighted by atomic mass is 15.2. The SMILES string of the molecule is CCNc1ncc(C)c(N(C)C2CCCCCC2)n1. The Kier molecular flexibility index (Phi) is 5.00. The first-order chi connectivity index (χ1) is 9.22. The van der Waals surface area contributed by atoms with Crippen LogP contribution in [-0.2, 0) is 0 Å². The van der Waals surface area contributed by atoms with Gasteiger partial charge in [-0.15, -0.1) is 0 Å². The summed E-state index contributed by atoms with van der Waals surface area (Å²) in [5.74, 6) is 1.82. The van der Waals surface area contributed by atoms with E-state index in [0.29, 0.717) is 6.04 Å². The van der Waals surface area contributed by atoms with Crippen LogP contribution in [0.15, 0.2) is 6.20 Å². The lowest BCUT2D eigenvalue weighted by Gasteiger charge is -2.29. The second-order valence-corrected chi connectivity index (χ2v) is 5.49. The minimum atomic E-state index is 0.630. The van der Waals surface area contributed by atoms with E-state index in [1.165, 1.54) is 38.5 Å². The van der Waals surface area contributed by atoms with Crippen molar-refractivity contribution in [2.24, 2.45) is 0 Å². The maximum Gasteiger partial charge on any atom is 0.224 e. The van der Waals surface area contributed by atoms with Gasteiger partial charge in [0.05, 0.1) is 0 Å². The molecular formula is C15H26N4. The Labute approximate surface area is 116 Å². The van der Waals surface area contributed by atoms with Crippen LogP contribution in [-0.4, -0.2) is 29.6 Å². The van der Waals surface area contributed by atoms with Gasteiger partial charge in [-0.1, -0.05) is 25.7 Å². The van der Waals surface area contributed by atoms with Gasteiger partial charge >= 0.3 is 0 Å². The highest BCUT2D eigenvalue weighted by Crippen LogP contribution is 2.26. The molecule has 1 aromatic rings. The first-order valence-corrected chi connectivity index (χ1v) is 7.52. The van der Waals surface area contributed by atoms with Crippen LogP contribution in [0, 0.1) is 6.92 Å². The smallest absolute Gasteiger partial charge is 0.224 e. The Hall–Kier alpha value is -1.32. The topological polar surface area (TPSA) is 41.1 Å². The summed E-state index contributed by atoms with van der Waals surface area (Å²) in [5.41, 5.74) is 1.16. The third-order valence-electron chi connectivity index (χ3n) is 3.99. The molecule has 4 nitrogen and oxygen atoms in total.